The Balaban J connectivity index is 1.51. The second kappa shape index (κ2) is 9.00. The fourth-order valence-electron chi connectivity index (χ4n) is 4.47. The highest BCUT2D eigenvalue weighted by molar-refractivity contribution is 6.30. The maximum Gasteiger partial charge on any atom is 0.321 e. The average molecular weight is 481 g/mol. The third-order valence-electron chi connectivity index (χ3n) is 6.13. The summed E-state index contributed by atoms with van der Waals surface area (Å²) in [6.07, 6.45) is 0.391. The van der Waals surface area contributed by atoms with Crippen molar-refractivity contribution in [1.29, 1.82) is 0 Å². The van der Waals surface area contributed by atoms with Crippen LogP contribution in [0, 0.1) is 5.82 Å². The maximum absolute atomic E-state index is 13.5. The van der Waals surface area contributed by atoms with Gasteiger partial charge in [0.05, 0.1) is 18.2 Å². The van der Waals surface area contributed by atoms with E-state index in [0.29, 0.717) is 17.9 Å². The van der Waals surface area contributed by atoms with Gasteiger partial charge in [0.1, 0.15) is 30.0 Å². The van der Waals surface area contributed by atoms with Gasteiger partial charge in [0.15, 0.2) is 0 Å². The third-order valence-corrected chi connectivity index (χ3v) is 6.42. The minimum Gasteiger partial charge on any atom is -0.496 e. The maximum atomic E-state index is 13.5. The SMILES string of the molecule is COc1ccc([C@H]2N[C@@H](C(=O)O)Cc3c2[nH]c2ccccc32)cc1COc1ccc(F)c(Cl)c1. The molecule has 0 aliphatic carbocycles. The number of ether oxygens (including phenoxy) is 2. The normalized spacial score (nSPS) is 17.4. The molecule has 2 heterocycles. The van der Waals surface area contributed by atoms with Crippen LogP contribution in [-0.2, 0) is 17.8 Å². The molecule has 6 nitrogen and oxygen atoms in total. The average Bonchev–Trinajstić information content (AvgIpc) is 3.22. The number of hydrogen-bond donors (Lipinski definition) is 3. The van der Waals surface area contributed by atoms with Crippen molar-refractivity contribution >= 4 is 28.5 Å². The fraction of sp³-hybridized carbons (Fsp3) is 0.192. The van der Waals surface area contributed by atoms with Gasteiger partial charge < -0.3 is 19.6 Å². The first-order valence-electron chi connectivity index (χ1n) is 10.8. The molecule has 4 aromatic rings. The molecule has 8 heteroatoms. The number of carboxylic acid groups (broad SMARTS) is 1. The quantitative estimate of drug-likeness (QED) is 0.351. The van der Waals surface area contributed by atoms with Gasteiger partial charge in [-0.15, -0.1) is 0 Å². The summed E-state index contributed by atoms with van der Waals surface area (Å²) >= 11 is 5.86. The van der Waals surface area contributed by atoms with Gasteiger partial charge in [0.25, 0.3) is 0 Å². The molecule has 5 rings (SSSR count). The number of fused-ring (bicyclic) bond motifs is 3. The number of rotatable bonds is 6. The van der Waals surface area contributed by atoms with E-state index in [2.05, 4.69) is 10.3 Å². The number of benzene rings is 3. The smallest absolute Gasteiger partial charge is 0.321 e. The number of carboxylic acids is 1. The van der Waals surface area contributed by atoms with Crippen molar-refractivity contribution < 1.29 is 23.8 Å². The van der Waals surface area contributed by atoms with E-state index in [9.17, 15) is 14.3 Å². The highest BCUT2D eigenvalue weighted by atomic mass is 35.5. The summed E-state index contributed by atoms with van der Waals surface area (Å²) in [6, 6.07) is 16.7. The van der Waals surface area contributed by atoms with Crippen LogP contribution in [0.3, 0.4) is 0 Å². The first-order chi connectivity index (χ1) is 16.4. The highest BCUT2D eigenvalue weighted by Gasteiger charge is 2.34. The monoisotopic (exact) mass is 480 g/mol. The number of methoxy groups -OCH3 is 1. The predicted molar refractivity (Wildman–Crippen MR) is 127 cm³/mol. The van der Waals surface area contributed by atoms with E-state index in [0.717, 1.165) is 33.3 Å². The summed E-state index contributed by atoms with van der Waals surface area (Å²) in [4.78, 5) is 15.4. The standard InChI is InChI=1S/C26H22ClFN2O4/c1-33-23-9-6-14(10-15(23)13-34-16-7-8-20(28)19(27)11-16)24-25-18(12-22(30-24)26(31)32)17-4-2-3-5-21(17)29-25/h2-11,22,24,29-30H,12-13H2,1H3,(H,31,32)/t22-,24-/m1/s1. The Morgan fingerprint density at radius 1 is 1.18 bits per heavy atom. The molecular weight excluding hydrogens is 459 g/mol. The molecule has 34 heavy (non-hydrogen) atoms. The van der Waals surface area contributed by atoms with Gasteiger partial charge in [-0.25, -0.2) is 4.39 Å². The first-order valence-corrected chi connectivity index (χ1v) is 11.2. The van der Waals surface area contributed by atoms with E-state index in [1.807, 2.05) is 42.5 Å². The minimum absolute atomic E-state index is 0.0179. The molecule has 0 saturated heterocycles. The zero-order valence-electron chi connectivity index (χ0n) is 18.3. The lowest BCUT2D eigenvalue weighted by molar-refractivity contribution is -0.139. The van der Waals surface area contributed by atoms with Crippen molar-refractivity contribution in [3.63, 3.8) is 0 Å². The Labute approximate surface area is 200 Å². The number of halogens is 2. The molecule has 3 N–H and O–H groups in total. The third kappa shape index (κ3) is 4.08. The summed E-state index contributed by atoms with van der Waals surface area (Å²) in [5, 5.41) is 14.1. The zero-order valence-corrected chi connectivity index (χ0v) is 19.0. The van der Waals surface area contributed by atoms with Crippen molar-refractivity contribution in [3.05, 3.63) is 93.9 Å². The Hall–Kier alpha value is -3.55. The predicted octanol–water partition coefficient (Wildman–Crippen LogP) is 5.24. The Morgan fingerprint density at radius 2 is 2.00 bits per heavy atom. The van der Waals surface area contributed by atoms with E-state index in [4.69, 9.17) is 21.1 Å². The van der Waals surface area contributed by atoms with Crippen molar-refractivity contribution in [2.45, 2.75) is 25.1 Å². The molecule has 0 unspecified atom stereocenters. The molecule has 3 aromatic carbocycles. The van der Waals surface area contributed by atoms with Crippen LogP contribution in [0.25, 0.3) is 10.9 Å². The lowest BCUT2D eigenvalue weighted by Gasteiger charge is -2.30. The number of nitrogens with one attached hydrogen (secondary N) is 2. The molecule has 0 spiro atoms. The van der Waals surface area contributed by atoms with Crippen molar-refractivity contribution in [3.8, 4) is 11.5 Å². The minimum atomic E-state index is -0.897. The van der Waals surface area contributed by atoms with Crippen LogP contribution in [0.15, 0.2) is 60.7 Å². The first kappa shape index (κ1) is 22.3. The van der Waals surface area contributed by atoms with Gasteiger partial charge in [0.2, 0.25) is 0 Å². The molecule has 0 radical (unpaired) electrons. The topological polar surface area (TPSA) is 83.6 Å². The number of aromatic nitrogens is 1. The molecule has 0 amide bonds. The van der Waals surface area contributed by atoms with Gasteiger partial charge in [-0.3, -0.25) is 10.1 Å². The molecule has 0 bridgehead atoms. The van der Waals surface area contributed by atoms with Gasteiger partial charge in [0, 0.05) is 34.6 Å². The Kier molecular flexibility index (Phi) is 5.89. The number of hydrogen-bond acceptors (Lipinski definition) is 4. The molecule has 0 fully saturated rings. The van der Waals surface area contributed by atoms with Crippen LogP contribution >= 0.6 is 11.6 Å². The lowest BCUT2D eigenvalue weighted by atomic mass is 9.89. The molecule has 2 atom stereocenters. The summed E-state index contributed by atoms with van der Waals surface area (Å²) < 4.78 is 24.8. The summed E-state index contributed by atoms with van der Waals surface area (Å²) in [5.74, 6) is -0.358. The van der Waals surface area contributed by atoms with Crippen LogP contribution in [-0.4, -0.2) is 29.2 Å². The van der Waals surface area contributed by atoms with Crippen molar-refractivity contribution in [2.24, 2.45) is 0 Å². The summed E-state index contributed by atoms with van der Waals surface area (Å²) in [5.41, 5.74) is 4.55. The van der Waals surface area contributed by atoms with E-state index in [1.165, 1.54) is 18.2 Å². The van der Waals surface area contributed by atoms with Crippen molar-refractivity contribution in [2.75, 3.05) is 7.11 Å². The highest BCUT2D eigenvalue weighted by Crippen LogP contribution is 2.36. The summed E-state index contributed by atoms with van der Waals surface area (Å²) in [6.45, 7) is 0.160. The van der Waals surface area contributed by atoms with Gasteiger partial charge in [-0.1, -0.05) is 35.9 Å². The zero-order chi connectivity index (χ0) is 23.8. The molecule has 0 saturated carbocycles. The summed E-state index contributed by atoms with van der Waals surface area (Å²) in [7, 11) is 1.57. The number of para-hydroxylation sites is 1. The van der Waals surface area contributed by atoms with Crippen LogP contribution in [0.5, 0.6) is 11.5 Å². The fourth-order valence-corrected chi connectivity index (χ4v) is 4.65. The molecule has 1 aliphatic rings. The molecular formula is C26H22ClFN2O4. The van der Waals surface area contributed by atoms with E-state index in [-0.39, 0.29) is 17.7 Å². The Bertz CT molecular complexity index is 1390. The second-order valence-corrected chi connectivity index (χ2v) is 8.60. The molecule has 1 aromatic heterocycles. The van der Waals surface area contributed by atoms with Gasteiger partial charge >= 0.3 is 5.97 Å². The van der Waals surface area contributed by atoms with Gasteiger partial charge in [-0.05, 0) is 41.5 Å². The van der Waals surface area contributed by atoms with Gasteiger partial charge in [-0.2, -0.15) is 0 Å². The second-order valence-electron chi connectivity index (χ2n) is 8.19. The molecule has 174 valence electrons. The number of aliphatic carboxylic acids is 1. The number of carbonyl (C=O) groups is 1. The van der Waals surface area contributed by atoms with Crippen LogP contribution in [0.1, 0.15) is 28.4 Å². The van der Waals surface area contributed by atoms with Crippen LogP contribution in [0.2, 0.25) is 5.02 Å². The van der Waals surface area contributed by atoms with Crippen LogP contribution in [0.4, 0.5) is 4.39 Å². The lowest BCUT2D eigenvalue weighted by Crippen LogP contribution is -2.45. The van der Waals surface area contributed by atoms with E-state index >= 15 is 0 Å². The molecule has 1 aliphatic heterocycles. The van der Waals surface area contributed by atoms with E-state index in [1.54, 1.807) is 7.11 Å². The van der Waals surface area contributed by atoms with E-state index < -0.39 is 17.8 Å². The van der Waals surface area contributed by atoms with Crippen molar-refractivity contribution in [1.82, 2.24) is 10.3 Å². The largest absolute Gasteiger partial charge is 0.496 e. The van der Waals surface area contributed by atoms with Crippen LogP contribution < -0.4 is 14.8 Å². The number of H-pyrrole nitrogens is 1. The Morgan fingerprint density at radius 3 is 2.76 bits per heavy atom. The number of aromatic amines is 1.